The number of aryl methyl sites for hydroxylation is 1. The number of amides is 1. The van der Waals surface area contributed by atoms with Gasteiger partial charge in [-0.25, -0.2) is 9.59 Å². The molecule has 114 valence electrons. The predicted molar refractivity (Wildman–Crippen MR) is 73.3 cm³/mol. The molecule has 0 aliphatic carbocycles. The van der Waals surface area contributed by atoms with E-state index in [4.69, 9.17) is 9.15 Å². The Hall–Kier alpha value is -1.79. The van der Waals surface area contributed by atoms with Crippen LogP contribution in [-0.2, 0) is 11.8 Å². The largest absolute Gasteiger partial charge is 0.444 e. The van der Waals surface area contributed by atoms with Crippen LogP contribution >= 0.6 is 0 Å². The fourth-order valence-electron chi connectivity index (χ4n) is 1.83. The van der Waals surface area contributed by atoms with Gasteiger partial charge in [-0.3, -0.25) is 4.90 Å². The van der Waals surface area contributed by atoms with Crippen molar-refractivity contribution in [2.24, 2.45) is 13.0 Å². The van der Waals surface area contributed by atoms with Crippen molar-refractivity contribution in [3.63, 3.8) is 0 Å². The van der Waals surface area contributed by atoms with Crippen molar-refractivity contribution in [2.75, 3.05) is 7.05 Å². The highest BCUT2D eigenvalue weighted by Crippen LogP contribution is 2.26. The average molecular weight is 285 g/mol. The van der Waals surface area contributed by atoms with Gasteiger partial charge in [0.05, 0.1) is 0 Å². The van der Waals surface area contributed by atoms with E-state index in [0.717, 1.165) is 4.68 Å². The van der Waals surface area contributed by atoms with E-state index in [-0.39, 0.29) is 11.8 Å². The molecule has 0 aliphatic rings. The summed E-state index contributed by atoms with van der Waals surface area (Å²) in [6.45, 7) is 9.22. The summed E-state index contributed by atoms with van der Waals surface area (Å²) in [5, 5.41) is 4.02. The van der Waals surface area contributed by atoms with E-state index in [0.29, 0.717) is 0 Å². The van der Waals surface area contributed by atoms with Gasteiger partial charge in [-0.15, -0.1) is 5.10 Å². The topological polar surface area (TPSA) is 77.6 Å². The fourth-order valence-corrected chi connectivity index (χ4v) is 1.83. The lowest BCUT2D eigenvalue weighted by molar-refractivity contribution is 0.0143. The van der Waals surface area contributed by atoms with Crippen LogP contribution in [0.25, 0.3) is 0 Å². The van der Waals surface area contributed by atoms with E-state index in [2.05, 4.69) is 5.10 Å². The van der Waals surface area contributed by atoms with Crippen molar-refractivity contribution in [1.29, 1.82) is 0 Å². The molecular weight excluding hydrogens is 262 g/mol. The van der Waals surface area contributed by atoms with Crippen molar-refractivity contribution < 1.29 is 13.9 Å². The normalized spacial score (nSPS) is 13.4. The lowest BCUT2D eigenvalue weighted by Gasteiger charge is -2.30. The molecular formula is C13H23N3O4. The van der Waals surface area contributed by atoms with Gasteiger partial charge in [0.25, 0.3) is 0 Å². The maximum absolute atomic E-state index is 12.1. The zero-order valence-electron chi connectivity index (χ0n) is 13.1. The smallest absolute Gasteiger partial charge is 0.436 e. The van der Waals surface area contributed by atoms with Gasteiger partial charge in [-0.05, 0) is 26.7 Å². The Labute approximate surface area is 118 Å². The number of hydrogen-bond donors (Lipinski definition) is 0. The molecule has 20 heavy (non-hydrogen) atoms. The molecule has 1 unspecified atom stereocenters. The summed E-state index contributed by atoms with van der Waals surface area (Å²) in [6.07, 6.45) is -0.482. The Morgan fingerprint density at radius 2 is 1.95 bits per heavy atom. The van der Waals surface area contributed by atoms with E-state index in [1.54, 1.807) is 27.8 Å². The third-order valence-electron chi connectivity index (χ3n) is 2.69. The molecule has 0 bridgehead atoms. The van der Waals surface area contributed by atoms with E-state index in [1.165, 1.54) is 11.9 Å². The summed E-state index contributed by atoms with van der Waals surface area (Å²) in [5.74, 6) is -0.324. The minimum Gasteiger partial charge on any atom is -0.444 e. The van der Waals surface area contributed by atoms with E-state index < -0.39 is 23.5 Å². The van der Waals surface area contributed by atoms with Crippen LogP contribution < -0.4 is 5.76 Å². The molecule has 0 saturated heterocycles. The summed E-state index contributed by atoms with van der Waals surface area (Å²) in [7, 11) is 3.10. The van der Waals surface area contributed by atoms with Crippen LogP contribution in [0.3, 0.4) is 0 Å². The highest BCUT2D eigenvalue weighted by Gasteiger charge is 2.32. The van der Waals surface area contributed by atoms with Crippen LogP contribution in [0.2, 0.25) is 0 Å². The molecule has 0 aliphatic heterocycles. The number of ether oxygens (including phenoxy) is 1. The minimum absolute atomic E-state index is 0.0190. The van der Waals surface area contributed by atoms with Gasteiger partial charge < -0.3 is 9.15 Å². The quantitative estimate of drug-likeness (QED) is 0.848. The molecule has 1 aromatic rings. The SMILES string of the molecule is CC(C)C(c1nn(C)c(=O)o1)N(C)C(=O)OC(C)(C)C. The van der Waals surface area contributed by atoms with Crippen molar-refractivity contribution in [1.82, 2.24) is 14.7 Å². The minimum atomic E-state index is -0.585. The van der Waals surface area contributed by atoms with Crippen molar-refractivity contribution in [2.45, 2.75) is 46.3 Å². The highest BCUT2D eigenvalue weighted by molar-refractivity contribution is 5.68. The van der Waals surface area contributed by atoms with Crippen molar-refractivity contribution >= 4 is 6.09 Å². The van der Waals surface area contributed by atoms with Gasteiger partial charge in [0.2, 0.25) is 5.89 Å². The van der Waals surface area contributed by atoms with E-state index in [1.807, 2.05) is 13.8 Å². The molecule has 0 spiro atoms. The molecule has 1 amide bonds. The van der Waals surface area contributed by atoms with E-state index in [9.17, 15) is 9.59 Å². The summed E-state index contributed by atoms with van der Waals surface area (Å²) in [5.41, 5.74) is -0.585. The number of carbonyl (C=O) groups excluding carboxylic acids is 1. The number of rotatable bonds is 3. The zero-order chi connectivity index (χ0) is 15.7. The van der Waals surface area contributed by atoms with Gasteiger partial charge in [0.15, 0.2) is 0 Å². The molecule has 0 N–H and O–H groups in total. The first-order chi connectivity index (χ1) is 9.03. The summed E-state index contributed by atoms with van der Waals surface area (Å²) in [6, 6.07) is -0.459. The third-order valence-corrected chi connectivity index (χ3v) is 2.69. The molecule has 0 aromatic carbocycles. The number of aromatic nitrogens is 2. The van der Waals surface area contributed by atoms with Crippen molar-refractivity contribution in [3.8, 4) is 0 Å². The van der Waals surface area contributed by atoms with Crippen LogP contribution in [0.15, 0.2) is 9.21 Å². The van der Waals surface area contributed by atoms with Gasteiger partial charge in [-0.1, -0.05) is 13.8 Å². The van der Waals surface area contributed by atoms with Crippen LogP contribution in [0.5, 0.6) is 0 Å². The summed E-state index contributed by atoms with van der Waals surface area (Å²) < 4.78 is 11.5. The first-order valence-corrected chi connectivity index (χ1v) is 6.52. The Bertz CT molecular complexity index is 524. The van der Waals surface area contributed by atoms with Crippen LogP contribution in [0, 0.1) is 5.92 Å². The lowest BCUT2D eigenvalue weighted by Crippen LogP contribution is -2.38. The Morgan fingerprint density at radius 3 is 2.30 bits per heavy atom. The Kier molecular flexibility index (Phi) is 4.62. The van der Waals surface area contributed by atoms with Gasteiger partial charge in [0.1, 0.15) is 11.6 Å². The van der Waals surface area contributed by atoms with Gasteiger partial charge in [-0.2, -0.15) is 4.68 Å². The first kappa shape index (κ1) is 16.3. The van der Waals surface area contributed by atoms with Gasteiger partial charge in [0, 0.05) is 14.1 Å². The first-order valence-electron chi connectivity index (χ1n) is 6.52. The monoisotopic (exact) mass is 285 g/mol. The maximum Gasteiger partial charge on any atom is 0.436 e. The number of hydrogen-bond acceptors (Lipinski definition) is 5. The van der Waals surface area contributed by atoms with Crippen molar-refractivity contribution in [3.05, 3.63) is 16.4 Å². The molecule has 0 saturated carbocycles. The number of carbonyl (C=O) groups is 1. The number of nitrogens with zero attached hydrogens (tertiary/aromatic N) is 3. The standard InChI is InChI=1S/C13H23N3O4/c1-8(2)9(10-14-16(7)12(18)19-10)15(6)11(17)20-13(3,4)5/h8-9H,1-7H3. The van der Waals surface area contributed by atoms with Crippen LogP contribution in [0.4, 0.5) is 4.79 Å². The molecule has 1 heterocycles. The fraction of sp³-hybridized carbons (Fsp3) is 0.769. The summed E-state index contributed by atoms with van der Waals surface area (Å²) in [4.78, 5) is 24.9. The zero-order valence-corrected chi connectivity index (χ0v) is 13.1. The van der Waals surface area contributed by atoms with E-state index >= 15 is 0 Å². The highest BCUT2D eigenvalue weighted by atomic mass is 16.6. The Morgan fingerprint density at radius 1 is 1.40 bits per heavy atom. The molecule has 7 heteroatoms. The second-order valence-electron chi connectivity index (χ2n) is 6.11. The predicted octanol–water partition coefficient (Wildman–Crippen LogP) is 1.94. The van der Waals surface area contributed by atoms with Crippen LogP contribution in [-0.4, -0.2) is 33.4 Å². The Balaban J connectivity index is 3.02. The summed E-state index contributed by atoms with van der Waals surface area (Å²) >= 11 is 0. The lowest BCUT2D eigenvalue weighted by atomic mass is 10.0. The van der Waals surface area contributed by atoms with Gasteiger partial charge >= 0.3 is 11.8 Å². The second-order valence-corrected chi connectivity index (χ2v) is 6.11. The molecule has 0 fully saturated rings. The molecule has 1 aromatic heterocycles. The second kappa shape index (κ2) is 5.68. The third kappa shape index (κ3) is 3.85. The molecule has 1 atom stereocenters. The average Bonchev–Trinajstić information content (AvgIpc) is 2.55. The molecule has 7 nitrogen and oxygen atoms in total. The molecule has 1 rings (SSSR count). The van der Waals surface area contributed by atoms with Crippen LogP contribution in [0.1, 0.15) is 46.6 Å². The molecule has 0 radical (unpaired) electrons. The maximum atomic E-state index is 12.1.